The number of aliphatic hydroxyl groups is 1. The van der Waals surface area contributed by atoms with E-state index in [1.165, 1.54) is 17.5 Å². The summed E-state index contributed by atoms with van der Waals surface area (Å²) in [5, 5.41) is 9.34. The van der Waals surface area contributed by atoms with Crippen molar-refractivity contribution in [1.29, 1.82) is 0 Å². The minimum Gasteiger partial charge on any atom is -0.395 e. The molecule has 0 heterocycles. The molecule has 1 saturated carbocycles. The summed E-state index contributed by atoms with van der Waals surface area (Å²) in [7, 11) is 0. The van der Waals surface area contributed by atoms with Gasteiger partial charge in [0.1, 0.15) is 0 Å². The van der Waals surface area contributed by atoms with Crippen molar-refractivity contribution >= 4 is 0 Å². The van der Waals surface area contributed by atoms with Gasteiger partial charge in [-0.15, -0.1) is 0 Å². The molecule has 1 fully saturated rings. The van der Waals surface area contributed by atoms with Gasteiger partial charge in [0.15, 0.2) is 0 Å². The number of unbranched alkanes of at least 4 members (excludes halogenated alkanes) is 1. The molecule has 1 aliphatic carbocycles. The van der Waals surface area contributed by atoms with E-state index >= 15 is 0 Å². The molecular formula is C14H21NO. The molecular weight excluding hydrogens is 198 g/mol. The van der Waals surface area contributed by atoms with Crippen LogP contribution >= 0.6 is 0 Å². The van der Waals surface area contributed by atoms with Crippen molar-refractivity contribution in [3.63, 3.8) is 0 Å². The maximum Gasteiger partial charge on any atom is 0.0527 e. The predicted molar refractivity (Wildman–Crippen MR) is 66.4 cm³/mol. The summed E-state index contributed by atoms with van der Waals surface area (Å²) >= 11 is 0. The van der Waals surface area contributed by atoms with E-state index in [4.69, 9.17) is 5.73 Å². The van der Waals surface area contributed by atoms with Crippen LogP contribution in [0.4, 0.5) is 0 Å². The Kier molecular flexibility index (Phi) is 3.62. The number of aliphatic hydroxyl groups excluding tert-OH is 1. The molecule has 0 radical (unpaired) electrons. The fraction of sp³-hybridized carbons (Fsp3) is 0.571. The van der Waals surface area contributed by atoms with E-state index in [2.05, 4.69) is 24.3 Å². The summed E-state index contributed by atoms with van der Waals surface area (Å²) in [5.74, 6) is 0. The Balaban J connectivity index is 1.94. The molecule has 0 aromatic heterocycles. The number of nitrogens with two attached hydrogens (primary N) is 1. The SMILES string of the molecule is NCCCCc1ccc(C2(CO)CC2)cc1. The van der Waals surface area contributed by atoms with Crippen LogP contribution in [0.3, 0.4) is 0 Å². The van der Waals surface area contributed by atoms with E-state index < -0.39 is 0 Å². The van der Waals surface area contributed by atoms with Crippen molar-refractivity contribution in [2.24, 2.45) is 5.73 Å². The molecule has 0 spiro atoms. The fourth-order valence-corrected chi connectivity index (χ4v) is 2.19. The van der Waals surface area contributed by atoms with Crippen molar-refractivity contribution in [3.05, 3.63) is 35.4 Å². The highest BCUT2D eigenvalue weighted by Gasteiger charge is 2.43. The smallest absolute Gasteiger partial charge is 0.0527 e. The Morgan fingerprint density at radius 3 is 2.31 bits per heavy atom. The largest absolute Gasteiger partial charge is 0.395 e. The molecule has 0 aliphatic heterocycles. The van der Waals surface area contributed by atoms with Gasteiger partial charge >= 0.3 is 0 Å². The van der Waals surface area contributed by atoms with Gasteiger partial charge in [-0.3, -0.25) is 0 Å². The van der Waals surface area contributed by atoms with Gasteiger partial charge in [-0.1, -0.05) is 24.3 Å². The zero-order valence-corrected chi connectivity index (χ0v) is 9.78. The van der Waals surface area contributed by atoms with E-state index in [0.717, 1.165) is 32.2 Å². The lowest BCUT2D eigenvalue weighted by molar-refractivity contribution is 0.255. The predicted octanol–water partition coefficient (Wildman–Crippen LogP) is 1.99. The van der Waals surface area contributed by atoms with Crippen LogP contribution in [-0.2, 0) is 11.8 Å². The standard InChI is InChI=1S/C14H21NO/c15-10-2-1-3-12-4-6-13(7-5-12)14(11-16)8-9-14/h4-7,16H,1-3,8-11,15H2. The molecule has 0 saturated heterocycles. The number of hydrogen-bond donors (Lipinski definition) is 2. The molecule has 2 rings (SSSR count). The summed E-state index contributed by atoms with van der Waals surface area (Å²) in [4.78, 5) is 0. The average molecular weight is 219 g/mol. The summed E-state index contributed by atoms with van der Waals surface area (Å²) < 4.78 is 0. The summed E-state index contributed by atoms with van der Waals surface area (Å²) in [6.45, 7) is 1.07. The first-order valence-electron chi connectivity index (χ1n) is 6.21. The van der Waals surface area contributed by atoms with Gasteiger partial charge in [0.2, 0.25) is 0 Å². The van der Waals surface area contributed by atoms with Crippen LogP contribution in [0.2, 0.25) is 0 Å². The highest BCUT2D eigenvalue weighted by atomic mass is 16.3. The lowest BCUT2D eigenvalue weighted by Gasteiger charge is -2.12. The molecule has 3 N–H and O–H groups in total. The van der Waals surface area contributed by atoms with Gasteiger partial charge in [0, 0.05) is 5.41 Å². The molecule has 0 bridgehead atoms. The molecule has 1 aromatic carbocycles. The van der Waals surface area contributed by atoms with Crippen molar-refractivity contribution in [2.45, 2.75) is 37.5 Å². The third-order valence-corrected chi connectivity index (χ3v) is 3.64. The Hall–Kier alpha value is -0.860. The van der Waals surface area contributed by atoms with Crippen molar-refractivity contribution in [2.75, 3.05) is 13.2 Å². The van der Waals surface area contributed by atoms with Crippen molar-refractivity contribution in [3.8, 4) is 0 Å². The van der Waals surface area contributed by atoms with Gasteiger partial charge < -0.3 is 10.8 Å². The Labute approximate surface area is 97.5 Å². The van der Waals surface area contributed by atoms with Gasteiger partial charge in [-0.25, -0.2) is 0 Å². The van der Waals surface area contributed by atoms with E-state index in [-0.39, 0.29) is 5.41 Å². The van der Waals surface area contributed by atoms with Crippen LogP contribution in [0.15, 0.2) is 24.3 Å². The maximum absolute atomic E-state index is 9.34. The van der Waals surface area contributed by atoms with Crippen molar-refractivity contribution < 1.29 is 5.11 Å². The van der Waals surface area contributed by atoms with Crippen LogP contribution < -0.4 is 5.73 Å². The van der Waals surface area contributed by atoms with Gasteiger partial charge in [-0.2, -0.15) is 0 Å². The minimum absolute atomic E-state index is 0.107. The van der Waals surface area contributed by atoms with E-state index in [9.17, 15) is 5.11 Å². The molecule has 0 atom stereocenters. The summed E-state index contributed by atoms with van der Waals surface area (Å²) in [6.07, 6.45) is 5.65. The number of rotatable bonds is 6. The highest BCUT2D eigenvalue weighted by Crippen LogP contribution is 2.47. The van der Waals surface area contributed by atoms with E-state index in [1.54, 1.807) is 0 Å². The second kappa shape index (κ2) is 4.98. The quantitative estimate of drug-likeness (QED) is 0.719. The maximum atomic E-state index is 9.34. The first-order chi connectivity index (χ1) is 7.80. The van der Waals surface area contributed by atoms with Crippen LogP contribution in [0.1, 0.15) is 36.8 Å². The molecule has 1 aliphatic rings. The Bertz CT molecular complexity index is 327. The minimum atomic E-state index is 0.107. The molecule has 2 nitrogen and oxygen atoms in total. The molecule has 0 amide bonds. The third-order valence-electron chi connectivity index (χ3n) is 3.64. The molecule has 88 valence electrons. The monoisotopic (exact) mass is 219 g/mol. The molecule has 1 aromatic rings. The number of hydrogen-bond acceptors (Lipinski definition) is 2. The number of aryl methyl sites for hydroxylation is 1. The molecule has 0 unspecified atom stereocenters. The van der Waals surface area contributed by atoms with Gasteiger partial charge in [0.25, 0.3) is 0 Å². The summed E-state index contributed by atoms with van der Waals surface area (Å²) in [6, 6.07) is 8.76. The topological polar surface area (TPSA) is 46.2 Å². The van der Waals surface area contributed by atoms with Crippen molar-refractivity contribution in [1.82, 2.24) is 0 Å². The van der Waals surface area contributed by atoms with Crippen LogP contribution in [0.5, 0.6) is 0 Å². The second-order valence-electron chi connectivity index (χ2n) is 4.88. The number of benzene rings is 1. The van der Waals surface area contributed by atoms with Crippen LogP contribution in [0, 0.1) is 0 Å². The molecule has 2 heteroatoms. The van der Waals surface area contributed by atoms with Gasteiger partial charge in [0.05, 0.1) is 6.61 Å². The fourth-order valence-electron chi connectivity index (χ4n) is 2.19. The first kappa shape index (κ1) is 11.6. The highest BCUT2D eigenvalue weighted by molar-refractivity contribution is 5.33. The summed E-state index contributed by atoms with van der Waals surface area (Å²) in [5.41, 5.74) is 8.26. The van der Waals surface area contributed by atoms with E-state index in [1.807, 2.05) is 0 Å². The lowest BCUT2D eigenvalue weighted by Crippen LogP contribution is -2.11. The zero-order valence-electron chi connectivity index (χ0n) is 9.78. The first-order valence-corrected chi connectivity index (χ1v) is 6.21. The third kappa shape index (κ3) is 2.45. The lowest BCUT2D eigenvalue weighted by atomic mass is 9.95. The average Bonchev–Trinajstić information content (AvgIpc) is 3.11. The van der Waals surface area contributed by atoms with Crippen LogP contribution in [-0.4, -0.2) is 18.3 Å². The normalized spacial score (nSPS) is 17.4. The zero-order chi connectivity index (χ0) is 11.4. The van der Waals surface area contributed by atoms with Gasteiger partial charge in [-0.05, 0) is 49.8 Å². The Morgan fingerprint density at radius 1 is 1.12 bits per heavy atom. The van der Waals surface area contributed by atoms with Crippen LogP contribution in [0.25, 0.3) is 0 Å². The second-order valence-corrected chi connectivity index (χ2v) is 4.88. The Morgan fingerprint density at radius 2 is 1.81 bits per heavy atom. The van der Waals surface area contributed by atoms with E-state index in [0.29, 0.717) is 6.61 Å². The molecule has 16 heavy (non-hydrogen) atoms.